The molecule has 0 aromatic carbocycles. The van der Waals surface area contributed by atoms with Crippen LogP contribution in [0.5, 0.6) is 0 Å². The third kappa shape index (κ3) is 5.19. The van der Waals surface area contributed by atoms with E-state index in [0.29, 0.717) is 43.9 Å². The second-order valence-electron chi connectivity index (χ2n) is 6.53. The highest BCUT2D eigenvalue weighted by atomic mass is 35.5. The van der Waals surface area contributed by atoms with Crippen LogP contribution in [0.1, 0.15) is 44.2 Å². The molecule has 25 heavy (non-hydrogen) atoms. The summed E-state index contributed by atoms with van der Waals surface area (Å²) < 4.78 is 11.1. The predicted octanol–water partition coefficient (Wildman–Crippen LogP) is 3.06. The van der Waals surface area contributed by atoms with E-state index in [1.807, 2.05) is 6.07 Å². The summed E-state index contributed by atoms with van der Waals surface area (Å²) in [5, 5.41) is 11.9. The third-order valence-electron chi connectivity index (χ3n) is 4.40. The zero-order valence-corrected chi connectivity index (χ0v) is 15.3. The first kappa shape index (κ1) is 18.2. The fraction of sp³-hybridized carbons (Fsp3) is 0.706. The minimum atomic E-state index is -0.256. The average molecular weight is 369 g/mol. The maximum Gasteiger partial charge on any atom is 0.409 e. The number of amides is 1. The van der Waals surface area contributed by atoms with Gasteiger partial charge < -0.3 is 19.7 Å². The van der Waals surface area contributed by atoms with E-state index in [0.717, 1.165) is 37.1 Å². The molecule has 3 rings (SSSR count). The van der Waals surface area contributed by atoms with Gasteiger partial charge in [0.1, 0.15) is 0 Å². The Kier molecular flexibility index (Phi) is 6.31. The van der Waals surface area contributed by atoms with E-state index in [4.69, 9.17) is 21.1 Å². The number of hydrogen-bond donors (Lipinski definition) is 1. The van der Waals surface area contributed by atoms with Crippen LogP contribution in [0, 0.1) is 0 Å². The molecule has 1 aromatic rings. The molecule has 1 saturated heterocycles. The molecule has 1 amide bonds. The van der Waals surface area contributed by atoms with Gasteiger partial charge >= 0.3 is 6.09 Å². The lowest BCUT2D eigenvalue weighted by Crippen LogP contribution is -2.48. The van der Waals surface area contributed by atoms with Crippen molar-refractivity contribution < 1.29 is 14.3 Å². The van der Waals surface area contributed by atoms with Gasteiger partial charge in [-0.3, -0.25) is 0 Å². The highest BCUT2D eigenvalue weighted by Crippen LogP contribution is 2.42. The molecule has 1 aliphatic heterocycles. The van der Waals surface area contributed by atoms with Gasteiger partial charge in [-0.15, -0.1) is 5.10 Å². The van der Waals surface area contributed by atoms with Crippen LogP contribution in [-0.2, 0) is 9.47 Å². The first-order chi connectivity index (χ1) is 12.2. The lowest BCUT2D eigenvalue weighted by atomic mass is 10.2. The van der Waals surface area contributed by atoms with E-state index in [9.17, 15) is 4.79 Å². The quantitative estimate of drug-likeness (QED) is 0.745. The molecule has 7 nitrogen and oxygen atoms in total. The van der Waals surface area contributed by atoms with Gasteiger partial charge in [0, 0.05) is 25.1 Å². The molecule has 1 unspecified atom stereocenters. The summed E-state index contributed by atoms with van der Waals surface area (Å²) in [6.07, 6.45) is 3.83. The van der Waals surface area contributed by atoms with Crippen molar-refractivity contribution >= 4 is 23.4 Å². The number of carbonyl (C=O) groups excluding carboxylic acids is 1. The van der Waals surface area contributed by atoms with Gasteiger partial charge in [-0.05, 0) is 19.3 Å². The van der Waals surface area contributed by atoms with Crippen LogP contribution in [0.2, 0.25) is 5.15 Å². The number of nitrogens with one attached hydrogen (secondary N) is 1. The Labute approximate surface area is 153 Å². The van der Waals surface area contributed by atoms with Gasteiger partial charge in [-0.2, -0.15) is 5.10 Å². The van der Waals surface area contributed by atoms with Gasteiger partial charge in [0.25, 0.3) is 0 Å². The number of nitrogens with zero attached hydrogens (tertiary/aromatic N) is 3. The molecule has 1 N–H and O–H groups in total. The number of halogens is 1. The monoisotopic (exact) mass is 368 g/mol. The lowest BCUT2D eigenvalue weighted by molar-refractivity contribution is -0.0207. The zero-order valence-electron chi connectivity index (χ0n) is 14.5. The molecule has 2 heterocycles. The highest BCUT2D eigenvalue weighted by molar-refractivity contribution is 6.29. The Bertz CT molecular complexity index is 597. The van der Waals surface area contributed by atoms with Crippen LogP contribution >= 0.6 is 11.6 Å². The summed E-state index contributed by atoms with van der Waals surface area (Å²) in [5.74, 6) is 0.476. The van der Waals surface area contributed by atoms with Crippen molar-refractivity contribution in [2.75, 3.05) is 38.2 Å². The second-order valence-corrected chi connectivity index (χ2v) is 6.92. The summed E-state index contributed by atoms with van der Waals surface area (Å²) in [6, 6.07) is 1.81. The number of carbonyl (C=O) groups is 1. The number of unbranched alkanes of at least 4 members (excludes halogenated alkanes) is 1. The molecule has 1 aliphatic carbocycles. The van der Waals surface area contributed by atoms with Crippen LogP contribution < -0.4 is 5.32 Å². The lowest BCUT2D eigenvalue weighted by Gasteiger charge is -2.32. The van der Waals surface area contributed by atoms with Crippen LogP contribution in [0.25, 0.3) is 0 Å². The predicted molar refractivity (Wildman–Crippen MR) is 95.1 cm³/mol. The van der Waals surface area contributed by atoms with Crippen molar-refractivity contribution in [2.24, 2.45) is 0 Å². The molecule has 2 fully saturated rings. The average Bonchev–Trinajstić information content (AvgIpc) is 3.45. The van der Waals surface area contributed by atoms with Crippen molar-refractivity contribution in [1.82, 2.24) is 15.1 Å². The normalized spacial score (nSPS) is 20.4. The fourth-order valence-electron chi connectivity index (χ4n) is 2.80. The van der Waals surface area contributed by atoms with Gasteiger partial charge in [0.05, 0.1) is 37.2 Å². The Morgan fingerprint density at radius 2 is 2.32 bits per heavy atom. The molecular formula is C17H25ClN4O3. The molecule has 1 saturated carbocycles. The zero-order chi connectivity index (χ0) is 17.6. The van der Waals surface area contributed by atoms with E-state index >= 15 is 0 Å². The van der Waals surface area contributed by atoms with E-state index in [2.05, 4.69) is 22.4 Å². The van der Waals surface area contributed by atoms with Gasteiger partial charge in [0.2, 0.25) is 0 Å². The van der Waals surface area contributed by atoms with Crippen molar-refractivity contribution in [3.63, 3.8) is 0 Å². The number of ether oxygens (including phenoxy) is 2. The molecule has 138 valence electrons. The largest absolute Gasteiger partial charge is 0.449 e. The second kappa shape index (κ2) is 8.67. The Balaban J connectivity index is 1.51. The summed E-state index contributed by atoms with van der Waals surface area (Å²) in [4.78, 5) is 13.8. The molecule has 0 spiro atoms. The van der Waals surface area contributed by atoms with Crippen molar-refractivity contribution in [1.29, 1.82) is 0 Å². The highest BCUT2D eigenvalue weighted by Gasteiger charge is 2.29. The summed E-state index contributed by atoms with van der Waals surface area (Å²) in [5.41, 5.74) is 1.88. The molecular weight excluding hydrogens is 344 g/mol. The maximum absolute atomic E-state index is 12.1. The molecule has 0 radical (unpaired) electrons. The topological polar surface area (TPSA) is 76.6 Å². The van der Waals surface area contributed by atoms with E-state index in [-0.39, 0.29) is 12.2 Å². The van der Waals surface area contributed by atoms with Crippen LogP contribution in [0.3, 0.4) is 0 Å². The van der Waals surface area contributed by atoms with Crippen LogP contribution in [-0.4, -0.2) is 60.1 Å². The van der Waals surface area contributed by atoms with E-state index in [1.54, 1.807) is 4.90 Å². The summed E-state index contributed by atoms with van der Waals surface area (Å²) >= 11 is 5.97. The number of morpholine rings is 1. The van der Waals surface area contributed by atoms with Crippen molar-refractivity contribution in [2.45, 2.75) is 44.6 Å². The Morgan fingerprint density at radius 3 is 3.08 bits per heavy atom. The smallest absolute Gasteiger partial charge is 0.409 e. The van der Waals surface area contributed by atoms with E-state index in [1.165, 1.54) is 0 Å². The van der Waals surface area contributed by atoms with Crippen molar-refractivity contribution in [3.8, 4) is 0 Å². The van der Waals surface area contributed by atoms with Crippen LogP contribution in [0.4, 0.5) is 10.5 Å². The SMILES string of the molecule is CCCCOC(=O)N1CCOC(CNc2cc(Cl)nnc2C2CC2)C1. The molecule has 8 heteroatoms. The van der Waals surface area contributed by atoms with Crippen LogP contribution in [0.15, 0.2) is 6.07 Å². The number of hydrogen-bond acceptors (Lipinski definition) is 6. The Morgan fingerprint density at radius 1 is 1.48 bits per heavy atom. The molecule has 2 aliphatic rings. The third-order valence-corrected chi connectivity index (χ3v) is 4.58. The van der Waals surface area contributed by atoms with Gasteiger partial charge in [0.15, 0.2) is 5.15 Å². The van der Waals surface area contributed by atoms with Crippen molar-refractivity contribution in [3.05, 3.63) is 16.9 Å². The number of rotatable bonds is 7. The number of anilines is 1. The van der Waals surface area contributed by atoms with Gasteiger partial charge in [-0.1, -0.05) is 24.9 Å². The molecule has 1 atom stereocenters. The van der Waals surface area contributed by atoms with E-state index < -0.39 is 0 Å². The first-order valence-corrected chi connectivity index (χ1v) is 9.35. The Hall–Kier alpha value is -1.60. The summed E-state index contributed by atoms with van der Waals surface area (Å²) in [7, 11) is 0. The standard InChI is InChI=1S/C17H25ClN4O3/c1-2-3-7-25-17(23)22-6-8-24-13(11-22)10-19-14-9-15(18)20-21-16(14)12-4-5-12/h9,12-13H,2-8,10-11H2,1H3,(H,19,20). The first-order valence-electron chi connectivity index (χ1n) is 8.97. The maximum atomic E-state index is 12.1. The molecule has 0 bridgehead atoms. The van der Waals surface area contributed by atoms with Gasteiger partial charge in [-0.25, -0.2) is 4.79 Å². The minimum absolute atomic E-state index is 0.0912. The summed E-state index contributed by atoms with van der Waals surface area (Å²) in [6.45, 7) is 4.73. The number of aromatic nitrogens is 2. The fourth-order valence-corrected chi connectivity index (χ4v) is 2.95. The minimum Gasteiger partial charge on any atom is -0.449 e. The molecule has 1 aromatic heterocycles.